The summed E-state index contributed by atoms with van der Waals surface area (Å²) >= 11 is 0. The van der Waals surface area contributed by atoms with E-state index in [9.17, 15) is 9.59 Å². The molecule has 1 heterocycles. The standard InChI is InChI=1S/C31H47NO4/c1-18-7-10-27(32-17-18)19(2)29-28(36-21(4)34)16-26-24-9-8-22-15-23(35-20(3)33)11-13-30(22,5)25(24)12-14-31(26,29)6/h8,18-19,23-26,28-29H,7,9-17H2,1-6H3/t18-,19+,23+,24+,25-,26+,28-,29-,30+,31+/m1/s1. The van der Waals surface area contributed by atoms with Crippen molar-refractivity contribution in [3.63, 3.8) is 0 Å². The molecule has 0 aromatic rings. The largest absolute Gasteiger partial charge is 0.462 e. The fourth-order valence-corrected chi connectivity index (χ4v) is 9.63. The van der Waals surface area contributed by atoms with Crippen LogP contribution in [0.1, 0.15) is 99.3 Å². The zero-order chi connectivity index (χ0) is 25.8. The SMILES string of the molecule is CC(=O)O[C@H]1CC[C@@]2(C)C(=CC[C@H]3[C@H]2CC[C@]2(C)[C@H]([C@@H](C)C4=NC[C@H](C)CC4)[C@H](OC(C)=O)C[C@@H]32)C1. The van der Waals surface area contributed by atoms with Gasteiger partial charge in [0.05, 0.1) is 0 Å². The van der Waals surface area contributed by atoms with E-state index in [0.717, 1.165) is 45.1 Å². The minimum absolute atomic E-state index is 0.00816. The van der Waals surface area contributed by atoms with Gasteiger partial charge in [-0.3, -0.25) is 14.6 Å². The molecule has 1 aliphatic heterocycles. The minimum Gasteiger partial charge on any atom is -0.462 e. The zero-order valence-electron chi connectivity index (χ0n) is 23.3. The van der Waals surface area contributed by atoms with Gasteiger partial charge in [0.1, 0.15) is 12.2 Å². The van der Waals surface area contributed by atoms with Crippen LogP contribution in [0.15, 0.2) is 16.6 Å². The monoisotopic (exact) mass is 497 g/mol. The van der Waals surface area contributed by atoms with Gasteiger partial charge in [0, 0.05) is 44.4 Å². The number of esters is 2. The summed E-state index contributed by atoms with van der Waals surface area (Å²) in [6.07, 6.45) is 12.3. The predicted octanol–water partition coefficient (Wildman–Crippen LogP) is 6.55. The Morgan fingerprint density at radius 1 is 1.06 bits per heavy atom. The van der Waals surface area contributed by atoms with E-state index in [1.165, 1.54) is 37.5 Å². The Morgan fingerprint density at radius 3 is 2.47 bits per heavy atom. The number of rotatable bonds is 4. The topological polar surface area (TPSA) is 65.0 Å². The number of hydrogen-bond acceptors (Lipinski definition) is 5. The van der Waals surface area contributed by atoms with Crippen LogP contribution in [0.25, 0.3) is 0 Å². The molecular formula is C31H47NO4. The van der Waals surface area contributed by atoms with Crippen molar-refractivity contribution in [1.29, 1.82) is 0 Å². The van der Waals surface area contributed by atoms with Crippen molar-refractivity contribution in [3.8, 4) is 0 Å². The van der Waals surface area contributed by atoms with Crippen LogP contribution in [0.4, 0.5) is 0 Å². The van der Waals surface area contributed by atoms with Gasteiger partial charge in [-0.25, -0.2) is 0 Å². The van der Waals surface area contributed by atoms with E-state index in [4.69, 9.17) is 14.5 Å². The molecule has 3 fully saturated rings. The van der Waals surface area contributed by atoms with E-state index in [1.54, 1.807) is 6.92 Å². The molecule has 200 valence electrons. The lowest BCUT2D eigenvalue weighted by atomic mass is 9.47. The smallest absolute Gasteiger partial charge is 0.302 e. The average molecular weight is 498 g/mol. The highest BCUT2D eigenvalue weighted by atomic mass is 16.5. The van der Waals surface area contributed by atoms with Gasteiger partial charge >= 0.3 is 11.9 Å². The molecule has 0 bridgehead atoms. The fourth-order valence-electron chi connectivity index (χ4n) is 9.63. The average Bonchev–Trinajstić information content (AvgIpc) is 3.10. The lowest BCUT2D eigenvalue weighted by Crippen LogP contribution is -2.51. The molecular weight excluding hydrogens is 450 g/mol. The number of ether oxygens (including phenoxy) is 2. The number of aliphatic imine (C=N–C) groups is 1. The van der Waals surface area contributed by atoms with E-state index in [1.807, 2.05) is 0 Å². The molecule has 5 aliphatic rings. The summed E-state index contributed by atoms with van der Waals surface area (Å²) in [5, 5.41) is 0. The molecule has 0 radical (unpaired) electrons. The normalized spacial score (nSPS) is 44.8. The zero-order valence-corrected chi connectivity index (χ0v) is 23.3. The molecule has 36 heavy (non-hydrogen) atoms. The number of hydrogen-bond donors (Lipinski definition) is 0. The van der Waals surface area contributed by atoms with Crippen LogP contribution in [0.5, 0.6) is 0 Å². The Hall–Kier alpha value is -1.65. The first-order valence-corrected chi connectivity index (χ1v) is 14.6. The molecule has 0 aromatic heterocycles. The van der Waals surface area contributed by atoms with Gasteiger partial charge in [-0.15, -0.1) is 0 Å². The quantitative estimate of drug-likeness (QED) is 0.326. The van der Waals surface area contributed by atoms with Crippen LogP contribution >= 0.6 is 0 Å². The van der Waals surface area contributed by atoms with Crippen LogP contribution in [0, 0.1) is 46.3 Å². The Labute approximate surface area is 217 Å². The van der Waals surface area contributed by atoms with Gasteiger partial charge < -0.3 is 9.47 Å². The number of allylic oxidation sites excluding steroid dienone is 1. The van der Waals surface area contributed by atoms with E-state index < -0.39 is 0 Å². The van der Waals surface area contributed by atoms with E-state index in [2.05, 4.69) is 33.8 Å². The van der Waals surface area contributed by atoms with E-state index >= 15 is 0 Å². The molecule has 10 atom stereocenters. The van der Waals surface area contributed by atoms with Crippen LogP contribution in [0.3, 0.4) is 0 Å². The summed E-state index contributed by atoms with van der Waals surface area (Å²) in [5.74, 6) is 2.93. The van der Waals surface area contributed by atoms with Crippen molar-refractivity contribution in [3.05, 3.63) is 11.6 Å². The third-order valence-electron chi connectivity index (χ3n) is 11.4. The number of nitrogens with zero attached hydrogens (tertiary/aromatic N) is 1. The Kier molecular flexibility index (Phi) is 6.91. The number of carbonyl (C=O) groups excluding carboxylic acids is 2. The van der Waals surface area contributed by atoms with Crippen molar-refractivity contribution in [2.24, 2.45) is 51.3 Å². The Morgan fingerprint density at radius 2 is 1.81 bits per heavy atom. The third-order valence-corrected chi connectivity index (χ3v) is 11.4. The van der Waals surface area contributed by atoms with Crippen LogP contribution < -0.4 is 0 Å². The van der Waals surface area contributed by atoms with Crippen molar-refractivity contribution in [1.82, 2.24) is 0 Å². The summed E-state index contributed by atoms with van der Waals surface area (Å²) in [4.78, 5) is 28.8. The van der Waals surface area contributed by atoms with Gasteiger partial charge in [-0.2, -0.15) is 0 Å². The second-order valence-corrected chi connectivity index (χ2v) is 13.5. The van der Waals surface area contributed by atoms with Crippen molar-refractivity contribution < 1.29 is 19.1 Å². The number of fused-ring (bicyclic) bond motifs is 5. The second kappa shape index (κ2) is 9.58. The Bertz CT molecular complexity index is 954. The van der Waals surface area contributed by atoms with Crippen LogP contribution in [0.2, 0.25) is 0 Å². The molecule has 5 heteroatoms. The maximum absolute atomic E-state index is 12.2. The van der Waals surface area contributed by atoms with Crippen LogP contribution in [-0.2, 0) is 19.1 Å². The highest BCUT2D eigenvalue weighted by Gasteiger charge is 2.63. The van der Waals surface area contributed by atoms with Crippen LogP contribution in [-0.4, -0.2) is 36.4 Å². The lowest BCUT2D eigenvalue weighted by Gasteiger charge is -2.58. The molecule has 0 aromatic carbocycles. The molecule has 0 N–H and O–H groups in total. The summed E-state index contributed by atoms with van der Waals surface area (Å²) in [5.41, 5.74) is 3.25. The van der Waals surface area contributed by atoms with Gasteiger partial charge in [-0.05, 0) is 85.9 Å². The summed E-state index contributed by atoms with van der Waals surface area (Å²) < 4.78 is 11.7. The van der Waals surface area contributed by atoms with Crippen molar-refractivity contribution in [2.75, 3.05) is 6.54 Å². The fraction of sp³-hybridized carbons (Fsp3) is 0.839. The second-order valence-electron chi connectivity index (χ2n) is 13.5. The maximum atomic E-state index is 12.2. The van der Waals surface area contributed by atoms with Gasteiger partial charge in [0.2, 0.25) is 0 Å². The molecule has 0 saturated heterocycles. The summed E-state index contributed by atoms with van der Waals surface area (Å²) in [6.45, 7) is 13.7. The summed E-state index contributed by atoms with van der Waals surface area (Å²) in [6, 6.07) is 0. The number of carbonyl (C=O) groups is 2. The molecule has 5 rings (SSSR count). The first-order valence-electron chi connectivity index (χ1n) is 14.6. The highest BCUT2D eigenvalue weighted by Crippen LogP contribution is 2.67. The lowest BCUT2D eigenvalue weighted by molar-refractivity contribution is -0.150. The van der Waals surface area contributed by atoms with Crippen molar-refractivity contribution >= 4 is 17.7 Å². The van der Waals surface area contributed by atoms with E-state index in [0.29, 0.717) is 35.5 Å². The molecule has 3 saturated carbocycles. The highest BCUT2D eigenvalue weighted by molar-refractivity contribution is 5.87. The Balaban J connectivity index is 1.43. The maximum Gasteiger partial charge on any atom is 0.302 e. The molecule has 0 unspecified atom stereocenters. The molecule has 5 nitrogen and oxygen atoms in total. The van der Waals surface area contributed by atoms with Gasteiger partial charge in [0.25, 0.3) is 0 Å². The predicted molar refractivity (Wildman–Crippen MR) is 142 cm³/mol. The molecule has 0 spiro atoms. The molecule has 0 amide bonds. The summed E-state index contributed by atoms with van der Waals surface area (Å²) in [7, 11) is 0. The third kappa shape index (κ3) is 4.36. The first kappa shape index (κ1) is 26.0. The van der Waals surface area contributed by atoms with E-state index in [-0.39, 0.29) is 35.0 Å². The van der Waals surface area contributed by atoms with Crippen molar-refractivity contribution in [2.45, 2.75) is 112 Å². The van der Waals surface area contributed by atoms with Gasteiger partial charge in [0.15, 0.2) is 0 Å². The minimum atomic E-state index is -0.161. The van der Waals surface area contributed by atoms with Gasteiger partial charge in [-0.1, -0.05) is 39.3 Å². The molecule has 4 aliphatic carbocycles. The first-order chi connectivity index (χ1) is 17.0.